The highest BCUT2D eigenvalue weighted by Gasteiger charge is 2.20. The van der Waals surface area contributed by atoms with E-state index in [1.54, 1.807) is 0 Å². The number of carboxylic acid groups (broad SMARTS) is 2. The summed E-state index contributed by atoms with van der Waals surface area (Å²) in [6.07, 6.45) is 0. The summed E-state index contributed by atoms with van der Waals surface area (Å²) in [5.41, 5.74) is -0.0881. The summed E-state index contributed by atoms with van der Waals surface area (Å²) in [5, 5.41) is 18.8. The second kappa shape index (κ2) is 3.89. The van der Waals surface area contributed by atoms with Crippen LogP contribution in [0.5, 0.6) is 0 Å². The van der Waals surface area contributed by atoms with Crippen LogP contribution in [0.4, 0.5) is 0 Å². The molecule has 1 aromatic rings. The highest BCUT2D eigenvalue weighted by Crippen LogP contribution is 2.17. The molecular formula is C7H7NO4S2. The van der Waals surface area contributed by atoms with Crippen molar-refractivity contribution in [3.05, 3.63) is 15.0 Å². The zero-order valence-corrected chi connectivity index (χ0v) is 8.76. The van der Waals surface area contributed by atoms with E-state index in [4.69, 9.17) is 22.4 Å². The van der Waals surface area contributed by atoms with Crippen molar-refractivity contribution in [1.29, 1.82) is 0 Å². The van der Waals surface area contributed by atoms with Crippen molar-refractivity contribution >= 4 is 35.5 Å². The first-order chi connectivity index (χ1) is 6.45. The van der Waals surface area contributed by atoms with Crippen LogP contribution < -0.4 is 0 Å². The van der Waals surface area contributed by atoms with Crippen LogP contribution in [0, 0.1) is 3.95 Å². The van der Waals surface area contributed by atoms with Crippen LogP contribution in [0.2, 0.25) is 0 Å². The van der Waals surface area contributed by atoms with Crippen LogP contribution in [0.15, 0.2) is 5.38 Å². The molecule has 0 spiro atoms. The standard InChI is InChI=1S/C7H7NO4S2/c1-3(5(9)10)8-4(6(11)12)2-14-7(8)13/h2-3H,1H3,(H,9,10)(H,11,12). The van der Waals surface area contributed by atoms with Gasteiger partial charge in [-0.1, -0.05) is 0 Å². The molecule has 1 heterocycles. The molecule has 0 amide bonds. The number of aromatic carboxylic acids is 1. The van der Waals surface area contributed by atoms with Gasteiger partial charge in [-0.15, -0.1) is 11.3 Å². The van der Waals surface area contributed by atoms with Gasteiger partial charge < -0.3 is 14.8 Å². The van der Waals surface area contributed by atoms with Crippen molar-refractivity contribution in [3.8, 4) is 0 Å². The summed E-state index contributed by atoms with van der Waals surface area (Å²) < 4.78 is 1.36. The first-order valence-corrected chi connectivity index (χ1v) is 4.90. The van der Waals surface area contributed by atoms with E-state index in [1.807, 2.05) is 0 Å². The highest BCUT2D eigenvalue weighted by molar-refractivity contribution is 7.73. The molecule has 1 unspecified atom stereocenters. The summed E-state index contributed by atoms with van der Waals surface area (Å²) in [5.74, 6) is -2.28. The number of hydrogen-bond donors (Lipinski definition) is 2. The molecule has 0 aliphatic heterocycles. The number of thiazole rings is 1. The minimum atomic E-state index is -1.18. The van der Waals surface area contributed by atoms with Crippen LogP contribution in [0.25, 0.3) is 0 Å². The maximum absolute atomic E-state index is 10.7. The zero-order valence-electron chi connectivity index (χ0n) is 7.13. The van der Waals surface area contributed by atoms with Crippen molar-refractivity contribution in [1.82, 2.24) is 4.57 Å². The lowest BCUT2D eigenvalue weighted by Crippen LogP contribution is -2.19. The summed E-state index contributed by atoms with van der Waals surface area (Å²) in [6, 6.07) is -0.958. The number of carbonyl (C=O) groups is 2. The van der Waals surface area contributed by atoms with Crippen molar-refractivity contribution in [3.63, 3.8) is 0 Å². The number of carboxylic acids is 2. The third-order valence-corrected chi connectivity index (χ3v) is 2.92. The zero-order chi connectivity index (χ0) is 10.9. The quantitative estimate of drug-likeness (QED) is 0.775. The topological polar surface area (TPSA) is 79.5 Å². The van der Waals surface area contributed by atoms with E-state index in [-0.39, 0.29) is 9.65 Å². The Bertz CT molecular complexity index is 433. The number of aliphatic carboxylic acids is 1. The van der Waals surface area contributed by atoms with Gasteiger partial charge >= 0.3 is 11.9 Å². The molecule has 1 atom stereocenters. The number of aromatic nitrogens is 1. The van der Waals surface area contributed by atoms with Crippen LogP contribution in [0.3, 0.4) is 0 Å². The van der Waals surface area contributed by atoms with Gasteiger partial charge in [0, 0.05) is 5.38 Å². The lowest BCUT2D eigenvalue weighted by Gasteiger charge is -2.09. The van der Waals surface area contributed by atoms with Crippen molar-refractivity contribution in [2.45, 2.75) is 13.0 Å². The van der Waals surface area contributed by atoms with Crippen molar-refractivity contribution < 1.29 is 19.8 Å². The Labute approximate surface area is 88.2 Å². The van der Waals surface area contributed by atoms with Gasteiger partial charge in [-0.3, -0.25) is 0 Å². The summed E-state index contributed by atoms with van der Waals surface area (Å²) in [4.78, 5) is 21.4. The Kier molecular flexibility index (Phi) is 3.02. The normalized spacial score (nSPS) is 12.4. The van der Waals surface area contributed by atoms with Gasteiger partial charge in [0.1, 0.15) is 11.7 Å². The fourth-order valence-electron chi connectivity index (χ4n) is 0.949. The monoisotopic (exact) mass is 233 g/mol. The highest BCUT2D eigenvalue weighted by atomic mass is 32.1. The van der Waals surface area contributed by atoms with Gasteiger partial charge in [0.2, 0.25) is 0 Å². The molecule has 14 heavy (non-hydrogen) atoms. The third-order valence-electron chi connectivity index (χ3n) is 1.69. The Morgan fingerprint density at radius 2 is 2.14 bits per heavy atom. The molecule has 0 radical (unpaired) electrons. The number of hydrogen-bond acceptors (Lipinski definition) is 4. The molecule has 0 aliphatic rings. The van der Waals surface area contributed by atoms with E-state index in [0.29, 0.717) is 0 Å². The Balaban J connectivity index is 3.31. The second-order valence-corrected chi connectivity index (χ2v) is 4.08. The van der Waals surface area contributed by atoms with Crippen molar-refractivity contribution in [2.75, 3.05) is 0 Å². The lowest BCUT2D eigenvalue weighted by atomic mass is 10.3. The summed E-state index contributed by atoms with van der Waals surface area (Å²) in [6.45, 7) is 1.39. The van der Waals surface area contributed by atoms with E-state index in [0.717, 1.165) is 15.9 Å². The first kappa shape index (κ1) is 10.9. The Morgan fingerprint density at radius 1 is 1.57 bits per heavy atom. The molecule has 0 bridgehead atoms. The van der Waals surface area contributed by atoms with E-state index in [1.165, 1.54) is 12.3 Å². The average Bonchev–Trinajstić information content (AvgIpc) is 2.45. The number of nitrogens with zero attached hydrogens (tertiary/aromatic N) is 1. The van der Waals surface area contributed by atoms with Gasteiger partial charge in [-0.2, -0.15) is 0 Å². The minimum Gasteiger partial charge on any atom is -0.480 e. The predicted octanol–water partition coefficient (Wildman–Crippen LogP) is 1.62. The van der Waals surface area contributed by atoms with Crippen molar-refractivity contribution in [2.24, 2.45) is 0 Å². The maximum Gasteiger partial charge on any atom is 0.353 e. The van der Waals surface area contributed by atoms with Crippen LogP contribution in [-0.4, -0.2) is 26.7 Å². The van der Waals surface area contributed by atoms with Gasteiger partial charge in [-0.05, 0) is 19.1 Å². The van der Waals surface area contributed by atoms with Gasteiger partial charge in [0.15, 0.2) is 3.95 Å². The van der Waals surface area contributed by atoms with Crippen LogP contribution in [0.1, 0.15) is 23.5 Å². The molecule has 0 fully saturated rings. The predicted molar refractivity (Wildman–Crippen MR) is 52.4 cm³/mol. The molecule has 7 heteroatoms. The van der Waals surface area contributed by atoms with E-state index < -0.39 is 18.0 Å². The minimum absolute atomic E-state index is 0.0881. The maximum atomic E-state index is 10.7. The molecule has 0 saturated heterocycles. The molecule has 0 saturated carbocycles. The first-order valence-electron chi connectivity index (χ1n) is 3.61. The smallest absolute Gasteiger partial charge is 0.353 e. The molecule has 5 nitrogen and oxygen atoms in total. The Morgan fingerprint density at radius 3 is 2.57 bits per heavy atom. The number of rotatable bonds is 3. The molecule has 0 aromatic carbocycles. The lowest BCUT2D eigenvalue weighted by molar-refractivity contribution is -0.140. The molecule has 1 aromatic heterocycles. The largest absolute Gasteiger partial charge is 0.480 e. The van der Waals surface area contributed by atoms with Crippen LogP contribution in [-0.2, 0) is 4.79 Å². The van der Waals surface area contributed by atoms with Crippen LogP contribution >= 0.6 is 23.6 Å². The summed E-state index contributed by atoms with van der Waals surface area (Å²) >= 11 is 5.88. The molecule has 0 aliphatic carbocycles. The Hall–Kier alpha value is -1.21. The van der Waals surface area contributed by atoms with E-state index in [9.17, 15) is 9.59 Å². The van der Waals surface area contributed by atoms with Gasteiger partial charge in [0.05, 0.1) is 0 Å². The average molecular weight is 233 g/mol. The molecule has 1 rings (SSSR count). The molecule has 76 valence electrons. The van der Waals surface area contributed by atoms with Gasteiger partial charge in [0.25, 0.3) is 0 Å². The van der Waals surface area contributed by atoms with Gasteiger partial charge in [-0.25, -0.2) is 9.59 Å². The molecular weight excluding hydrogens is 226 g/mol. The fourth-order valence-corrected chi connectivity index (χ4v) is 2.15. The van der Waals surface area contributed by atoms with E-state index >= 15 is 0 Å². The third kappa shape index (κ3) is 1.83. The fraction of sp³-hybridized carbons (Fsp3) is 0.286. The molecule has 2 N–H and O–H groups in total. The summed E-state index contributed by atoms with van der Waals surface area (Å²) in [7, 11) is 0. The second-order valence-electron chi connectivity index (χ2n) is 2.58. The SMILES string of the molecule is CC(C(=O)O)n1c(C(=O)O)csc1=S. The van der Waals surface area contributed by atoms with E-state index in [2.05, 4.69) is 0 Å².